The van der Waals surface area contributed by atoms with Crippen molar-refractivity contribution in [1.29, 1.82) is 0 Å². The number of rotatable bonds is 10. The molecule has 1 heterocycles. The molecule has 0 fully saturated rings. The molecule has 0 radical (unpaired) electrons. The second-order valence-electron chi connectivity index (χ2n) is 8.35. The Labute approximate surface area is 222 Å². The Hall–Kier alpha value is -4.44. The van der Waals surface area contributed by atoms with Crippen LogP contribution >= 0.6 is 11.6 Å². The maximum atomic E-state index is 13.1. The number of methoxy groups -OCH3 is 1. The molecular formula is C27H23ClFN3O6. The fourth-order valence-electron chi connectivity index (χ4n) is 3.72. The monoisotopic (exact) mass is 539 g/mol. The summed E-state index contributed by atoms with van der Waals surface area (Å²) < 4.78 is 29.6. The van der Waals surface area contributed by atoms with Crippen LogP contribution in [0.15, 0.2) is 71.3 Å². The van der Waals surface area contributed by atoms with E-state index in [1.54, 1.807) is 36.2 Å². The number of halogens is 2. The van der Waals surface area contributed by atoms with Gasteiger partial charge in [0.25, 0.3) is 5.91 Å². The van der Waals surface area contributed by atoms with E-state index in [9.17, 15) is 19.3 Å². The average molecular weight is 540 g/mol. The maximum absolute atomic E-state index is 13.1. The highest BCUT2D eigenvalue weighted by Gasteiger charge is 2.20. The first kappa shape index (κ1) is 26.6. The lowest BCUT2D eigenvalue weighted by Crippen LogP contribution is -2.28. The van der Waals surface area contributed by atoms with Crippen LogP contribution in [0.1, 0.15) is 22.5 Å². The van der Waals surface area contributed by atoms with Gasteiger partial charge in [0.2, 0.25) is 5.75 Å². The third-order valence-corrected chi connectivity index (χ3v) is 5.95. The van der Waals surface area contributed by atoms with Gasteiger partial charge in [0, 0.05) is 48.3 Å². The number of hydrogen-bond acceptors (Lipinski definition) is 7. The summed E-state index contributed by atoms with van der Waals surface area (Å²) in [5.74, 6) is 0.531. The van der Waals surface area contributed by atoms with Crippen LogP contribution in [0.5, 0.6) is 17.2 Å². The van der Waals surface area contributed by atoms with Gasteiger partial charge < -0.3 is 18.9 Å². The minimum atomic E-state index is -0.594. The summed E-state index contributed by atoms with van der Waals surface area (Å²) in [6, 6.07) is 16.4. The lowest BCUT2D eigenvalue weighted by atomic mass is 10.1. The summed E-state index contributed by atoms with van der Waals surface area (Å²) in [4.78, 5) is 25.3. The molecule has 4 aromatic rings. The van der Waals surface area contributed by atoms with Crippen LogP contribution in [0.4, 0.5) is 10.1 Å². The molecule has 0 saturated heterocycles. The van der Waals surface area contributed by atoms with Crippen molar-refractivity contribution in [2.45, 2.75) is 12.8 Å². The topological polar surface area (TPSA) is 108 Å². The second-order valence-corrected chi connectivity index (χ2v) is 8.79. The van der Waals surface area contributed by atoms with E-state index in [2.05, 4.69) is 5.16 Å². The Morgan fingerprint density at radius 1 is 1.08 bits per heavy atom. The van der Waals surface area contributed by atoms with E-state index in [1.807, 2.05) is 0 Å². The normalized spacial score (nSPS) is 10.7. The van der Waals surface area contributed by atoms with Crippen LogP contribution in [-0.2, 0) is 6.42 Å². The van der Waals surface area contributed by atoms with Gasteiger partial charge in [0.1, 0.15) is 17.3 Å². The highest BCUT2D eigenvalue weighted by Crippen LogP contribution is 2.38. The van der Waals surface area contributed by atoms with E-state index in [-0.39, 0.29) is 39.7 Å². The number of ether oxygens (including phenoxy) is 2. The molecule has 0 aliphatic carbocycles. The molecule has 11 heteroatoms. The quantitative estimate of drug-likeness (QED) is 0.166. The number of carbonyl (C=O) groups excluding carboxylic acids is 1. The van der Waals surface area contributed by atoms with Crippen LogP contribution in [-0.4, -0.2) is 41.6 Å². The van der Waals surface area contributed by atoms with Crippen LogP contribution in [0.3, 0.4) is 0 Å². The molecule has 0 aliphatic heterocycles. The number of nitrogens with zero attached hydrogens (tertiary/aromatic N) is 3. The predicted octanol–water partition coefficient (Wildman–Crippen LogP) is 6.55. The van der Waals surface area contributed by atoms with Crippen LogP contribution in [0.2, 0.25) is 5.02 Å². The van der Waals surface area contributed by atoms with Crippen molar-refractivity contribution in [1.82, 2.24) is 10.1 Å². The SMILES string of the molecule is COc1cc(C(=O)N(C)CCCc2cc(-c3ccc(F)cc3)no2)ccc1Oc1ccc(Cl)cc1[N+](=O)[O-]. The summed E-state index contributed by atoms with van der Waals surface area (Å²) in [6.45, 7) is 0.447. The number of aryl methyl sites for hydroxylation is 1. The van der Waals surface area contributed by atoms with E-state index in [0.29, 0.717) is 36.4 Å². The molecule has 38 heavy (non-hydrogen) atoms. The van der Waals surface area contributed by atoms with Crippen molar-refractivity contribution < 1.29 is 28.1 Å². The van der Waals surface area contributed by atoms with Gasteiger partial charge in [-0.15, -0.1) is 0 Å². The molecule has 1 amide bonds. The summed E-state index contributed by atoms with van der Waals surface area (Å²) >= 11 is 5.86. The predicted molar refractivity (Wildman–Crippen MR) is 138 cm³/mol. The van der Waals surface area contributed by atoms with Gasteiger partial charge in [-0.3, -0.25) is 14.9 Å². The van der Waals surface area contributed by atoms with Crippen molar-refractivity contribution in [3.63, 3.8) is 0 Å². The molecule has 1 aromatic heterocycles. The van der Waals surface area contributed by atoms with Gasteiger partial charge in [-0.05, 0) is 61.0 Å². The van der Waals surface area contributed by atoms with Gasteiger partial charge in [-0.1, -0.05) is 16.8 Å². The zero-order valence-electron chi connectivity index (χ0n) is 20.5. The molecule has 196 valence electrons. The molecule has 9 nitrogen and oxygen atoms in total. The van der Waals surface area contributed by atoms with Crippen molar-refractivity contribution in [3.8, 4) is 28.5 Å². The van der Waals surface area contributed by atoms with Crippen molar-refractivity contribution in [2.75, 3.05) is 20.7 Å². The number of nitro groups is 1. The van der Waals surface area contributed by atoms with Gasteiger partial charge in [0.15, 0.2) is 11.5 Å². The Morgan fingerprint density at radius 2 is 1.82 bits per heavy atom. The highest BCUT2D eigenvalue weighted by molar-refractivity contribution is 6.30. The van der Waals surface area contributed by atoms with Crippen LogP contribution in [0.25, 0.3) is 11.3 Å². The minimum Gasteiger partial charge on any atom is -0.493 e. The number of carbonyl (C=O) groups is 1. The fourth-order valence-corrected chi connectivity index (χ4v) is 3.89. The standard InChI is InChI=1S/C27H23ClFN3O6/c1-31(13-3-4-21-16-22(30-38-21)17-5-9-20(29)10-6-17)27(33)18-7-11-25(26(14-18)36-2)37-24-12-8-19(28)15-23(24)32(34)35/h5-12,14-16H,3-4,13H2,1-2H3. The van der Waals surface area contributed by atoms with Crippen LogP contribution in [0, 0.1) is 15.9 Å². The van der Waals surface area contributed by atoms with Crippen LogP contribution < -0.4 is 9.47 Å². The van der Waals surface area contributed by atoms with Gasteiger partial charge in [-0.2, -0.15) is 0 Å². The molecule has 0 saturated carbocycles. The van der Waals surface area contributed by atoms with Crippen molar-refractivity contribution in [3.05, 3.63) is 99.0 Å². The second kappa shape index (κ2) is 11.7. The first-order valence-corrected chi connectivity index (χ1v) is 11.9. The maximum Gasteiger partial charge on any atom is 0.313 e. The first-order valence-electron chi connectivity index (χ1n) is 11.5. The third kappa shape index (κ3) is 6.27. The minimum absolute atomic E-state index is 0.0103. The number of hydrogen-bond donors (Lipinski definition) is 0. The molecule has 0 aliphatic rings. The van der Waals surface area contributed by atoms with E-state index in [4.69, 9.17) is 25.6 Å². The van der Waals surface area contributed by atoms with Crippen molar-refractivity contribution >= 4 is 23.2 Å². The fraction of sp³-hybridized carbons (Fsp3) is 0.185. The van der Waals surface area contributed by atoms with E-state index >= 15 is 0 Å². The first-order chi connectivity index (χ1) is 18.2. The Bertz CT molecular complexity index is 1460. The lowest BCUT2D eigenvalue weighted by molar-refractivity contribution is -0.385. The summed E-state index contributed by atoms with van der Waals surface area (Å²) in [5, 5.41) is 15.6. The summed E-state index contributed by atoms with van der Waals surface area (Å²) in [5.41, 5.74) is 1.43. The Balaban J connectivity index is 1.37. The summed E-state index contributed by atoms with van der Waals surface area (Å²) in [6.07, 6.45) is 1.18. The highest BCUT2D eigenvalue weighted by atomic mass is 35.5. The van der Waals surface area contributed by atoms with Gasteiger partial charge in [0.05, 0.1) is 12.0 Å². The molecule has 4 rings (SSSR count). The molecule has 0 N–H and O–H groups in total. The number of amides is 1. The molecule has 0 spiro atoms. The molecule has 3 aromatic carbocycles. The molecule has 0 unspecified atom stereocenters. The molecule has 0 atom stereocenters. The molecular weight excluding hydrogens is 517 g/mol. The van der Waals surface area contributed by atoms with E-state index < -0.39 is 4.92 Å². The van der Waals surface area contributed by atoms with Crippen molar-refractivity contribution in [2.24, 2.45) is 0 Å². The molecule has 0 bridgehead atoms. The van der Waals surface area contributed by atoms with Gasteiger partial charge >= 0.3 is 5.69 Å². The smallest absolute Gasteiger partial charge is 0.313 e. The average Bonchev–Trinajstić information content (AvgIpc) is 3.38. The van der Waals surface area contributed by atoms with E-state index in [1.165, 1.54) is 49.6 Å². The zero-order valence-corrected chi connectivity index (χ0v) is 21.3. The largest absolute Gasteiger partial charge is 0.493 e. The summed E-state index contributed by atoms with van der Waals surface area (Å²) in [7, 11) is 3.09. The zero-order chi connectivity index (χ0) is 27.2. The third-order valence-electron chi connectivity index (χ3n) is 5.71. The number of benzene rings is 3. The Morgan fingerprint density at radius 3 is 2.53 bits per heavy atom. The Kier molecular flexibility index (Phi) is 8.22. The number of aromatic nitrogens is 1. The number of nitro benzene ring substituents is 1. The lowest BCUT2D eigenvalue weighted by Gasteiger charge is -2.18. The van der Waals surface area contributed by atoms with E-state index in [0.717, 1.165) is 5.56 Å². The van der Waals surface area contributed by atoms with Gasteiger partial charge in [-0.25, -0.2) is 4.39 Å².